The molecule has 0 radical (unpaired) electrons. The van der Waals surface area contributed by atoms with Crippen molar-refractivity contribution in [2.24, 2.45) is 0 Å². The number of rotatable bonds is 3. The quantitative estimate of drug-likeness (QED) is 0.671. The van der Waals surface area contributed by atoms with Gasteiger partial charge in [0.25, 0.3) is 5.91 Å². The summed E-state index contributed by atoms with van der Waals surface area (Å²) in [5.41, 5.74) is 2.07. The van der Waals surface area contributed by atoms with E-state index < -0.39 is 17.6 Å². The standard InChI is InChI=1S/C22H23F3N2O2.ClH/c1-13-12-27-9-3-4-19(27)17-11-15(6-7-16(13)17)26-21(28)14-5-8-20(29-2)18(10-14)22(23,24)25;/h5-8,10-11,13,19H,3-4,9,12H2,1-2H3,(H,26,28);1H. The van der Waals surface area contributed by atoms with Crippen LogP contribution in [0.3, 0.4) is 0 Å². The molecule has 4 nitrogen and oxygen atoms in total. The molecular weight excluding hydrogens is 417 g/mol. The third-order valence-electron chi connectivity index (χ3n) is 5.87. The molecule has 2 aliphatic rings. The lowest BCUT2D eigenvalue weighted by Gasteiger charge is -2.36. The number of carbonyl (C=O) groups excluding carboxylic acids is 1. The molecule has 2 heterocycles. The Morgan fingerprint density at radius 1 is 1.17 bits per heavy atom. The number of alkyl halides is 3. The van der Waals surface area contributed by atoms with Crippen molar-refractivity contribution < 1.29 is 22.7 Å². The molecule has 2 aliphatic heterocycles. The number of anilines is 1. The summed E-state index contributed by atoms with van der Waals surface area (Å²) in [5.74, 6) is -0.469. The number of nitrogens with one attached hydrogen (secondary N) is 1. The Labute approximate surface area is 179 Å². The van der Waals surface area contributed by atoms with E-state index in [1.54, 1.807) is 0 Å². The van der Waals surface area contributed by atoms with Gasteiger partial charge in [0.2, 0.25) is 0 Å². The summed E-state index contributed by atoms with van der Waals surface area (Å²) in [5, 5.41) is 2.75. The molecule has 162 valence electrons. The molecule has 2 aromatic rings. The minimum Gasteiger partial charge on any atom is -0.496 e. The lowest BCUT2D eigenvalue weighted by molar-refractivity contribution is -0.138. The van der Waals surface area contributed by atoms with Crippen LogP contribution in [0, 0.1) is 0 Å². The monoisotopic (exact) mass is 440 g/mol. The lowest BCUT2D eigenvalue weighted by atomic mass is 9.86. The van der Waals surface area contributed by atoms with Crippen molar-refractivity contribution in [1.29, 1.82) is 0 Å². The molecule has 2 unspecified atom stereocenters. The highest BCUT2D eigenvalue weighted by Crippen LogP contribution is 2.43. The van der Waals surface area contributed by atoms with Crippen LogP contribution in [-0.2, 0) is 6.18 Å². The van der Waals surface area contributed by atoms with Gasteiger partial charge in [0.1, 0.15) is 5.75 Å². The van der Waals surface area contributed by atoms with E-state index in [1.807, 2.05) is 18.2 Å². The molecule has 1 saturated heterocycles. The second-order valence-corrected chi connectivity index (χ2v) is 7.76. The van der Waals surface area contributed by atoms with Crippen LogP contribution in [-0.4, -0.2) is 31.0 Å². The molecule has 0 spiro atoms. The Kier molecular flexibility index (Phi) is 6.34. The highest BCUT2D eigenvalue weighted by molar-refractivity contribution is 6.04. The van der Waals surface area contributed by atoms with E-state index in [0.717, 1.165) is 32.0 Å². The fraction of sp³-hybridized carbons (Fsp3) is 0.409. The number of fused-ring (bicyclic) bond motifs is 3. The number of benzene rings is 2. The Morgan fingerprint density at radius 2 is 1.93 bits per heavy atom. The summed E-state index contributed by atoms with van der Waals surface area (Å²) in [4.78, 5) is 15.1. The summed E-state index contributed by atoms with van der Waals surface area (Å²) in [6.45, 7) is 4.31. The summed E-state index contributed by atoms with van der Waals surface area (Å²) >= 11 is 0. The van der Waals surface area contributed by atoms with Crippen molar-refractivity contribution in [2.75, 3.05) is 25.5 Å². The van der Waals surface area contributed by atoms with Crippen LogP contribution in [0.25, 0.3) is 0 Å². The fourth-order valence-corrected chi connectivity index (χ4v) is 4.51. The summed E-state index contributed by atoms with van der Waals surface area (Å²) in [6, 6.07) is 9.52. The SMILES string of the molecule is COc1ccc(C(=O)Nc2ccc3c(c2)C2CCCN2CC3C)cc1C(F)(F)F.Cl. The molecule has 4 rings (SSSR count). The molecular formula is C22H24ClF3N2O2. The Balaban J connectivity index is 0.00000256. The first kappa shape index (κ1) is 22.4. The molecule has 30 heavy (non-hydrogen) atoms. The molecule has 0 bridgehead atoms. The summed E-state index contributed by atoms with van der Waals surface area (Å²) < 4.78 is 44.5. The summed E-state index contributed by atoms with van der Waals surface area (Å²) in [6.07, 6.45) is -2.36. The Morgan fingerprint density at radius 3 is 2.63 bits per heavy atom. The normalized spacial score (nSPS) is 20.7. The molecule has 1 fully saturated rings. The second kappa shape index (κ2) is 8.47. The first-order chi connectivity index (χ1) is 13.8. The number of halogens is 4. The third kappa shape index (κ3) is 4.14. The maximum Gasteiger partial charge on any atom is 0.419 e. The van der Waals surface area contributed by atoms with Gasteiger partial charge in [-0.3, -0.25) is 9.69 Å². The van der Waals surface area contributed by atoms with Gasteiger partial charge in [0.15, 0.2) is 0 Å². The fourth-order valence-electron chi connectivity index (χ4n) is 4.51. The molecule has 2 atom stereocenters. The average molecular weight is 441 g/mol. The zero-order valence-electron chi connectivity index (χ0n) is 16.8. The maximum atomic E-state index is 13.2. The van der Waals surface area contributed by atoms with Gasteiger partial charge in [-0.1, -0.05) is 13.0 Å². The van der Waals surface area contributed by atoms with E-state index in [0.29, 0.717) is 17.6 Å². The highest BCUT2D eigenvalue weighted by atomic mass is 35.5. The third-order valence-corrected chi connectivity index (χ3v) is 5.87. The van der Waals surface area contributed by atoms with E-state index in [2.05, 4.69) is 17.1 Å². The zero-order valence-corrected chi connectivity index (χ0v) is 17.6. The number of hydrogen-bond acceptors (Lipinski definition) is 3. The number of methoxy groups -OCH3 is 1. The predicted octanol–water partition coefficient (Wildman–Crippen LogP) is 5.64. The molecule has 1 N–H and O–H groups in total. The molecule has 2 aromatic carbocycles. The van der Waals surface area contributed by atoms with Crippen LogP contribution in [0.1, 0.15) is 58.8 Å². The van der Waals surface area contributed by atoms with Crippen molar-refractivity contribution in [1.82, 2.24) is 4.90 Å². The van der Waals surface area contributed by atoms with Gasteiger partial charge in [-0.05, 0) is 66.8 Å². The second-order valence-electron chi connectivity index (χ2n) is 7.76. The van der Waals surface area contributed by atoms with Crippen LogP contribution >= 0.6 is 12.4 Å². The van der Waals surface area contributed by atoms with Crippen molar-refractivity contribution in [2.45, 2.75) is 37.9 Å². The number of ether oxygens (including phenoxy) is 1. The largest absolute Gasteiger partial charge is 0.496 e. The number of hydrogen-bond donors (Lipinski definition) is 1. The van der Waals surface area contributed by atoms with E-state index in [4.69, 9.17) is 4.74 Å². The molecule has 8 heteroatoms. The van der Waals surface area contributed by atoms with Gasteiger partial charge in [-0.2, -0.15) is 13.2 Å². The van der Waals surface area contributed by atoms with Crippen molar-refractivity contribution >= 4 is 24.0 Å². The minimum absolute atomic E-state index is 0. The van der Waals surface area contributed by atoms with Crippen LogP contribution in [0.5, 0.6) is 5.75 Å². The van der Waals surface area contributed by atoms with Gasteiger partial charge < -0.3 is 10.1 Å². The summed E-state index contributed by atoms with van der Waals surface area (Å²) in [7, 11) is 1.17. The van der Waals surface area contributed by atoms with Crippen molar-refractivity contribution in [3.8, 4) is 5.75 Å². The molecule has 0 aromatic heterocycles. The predicted molar refractivity (Wildman–Crippen MR) is 112 cm³/mol. The Hall–Kier alpha value is -2.25. The van der Waals surface area contributed by atoms with E-state index in [-0.39, 0.29) is 23.7 Å². The van der Waals surface area contributed by atoms with E-state index in [1.165, 1.54) is 30.4 Å². The first-order valence-corrected chi connectivity index (χ1v) is 9.72. The lowest BCUT2D eigenvalue weighted by Crippen LogP contribution is -2.33. The van der Waals surface area contributed by atoms with Crippen molar-refractivity contribution in [3.63, 3.8) is 0 Å². The Bertz CT molecular complexity index is 948. The number of carbonyl (C=O) groups is 1. The van der Waals surface area contributed by atoms with Crippen LogP contribution in [0.2, 0.25) is 0 Å². The van der Waals surface area contributed by atoms with Crippen LogP contribution in [0.15, 0.2) is 36.4 Å². The van der Waals surface area contributed by atoms with Gasteiger partial charge in [-0.25, -0.2) is 0 Å². The van der Waals surface area contributed by atoms with Gasteiger partial charge >= 0.3 is 6.18 Å². The van der Waals surface area contributed by atoms with E-state index >= 15 is 0 Å². The smallest absolute Gasteiger partial charge is 0.419 e. The number of nitrogens with zero attached hydrogens (tertiary/aromatic N) is 1. The van der Waals surface area contributed by atoms with Gasteiger partial charge in [-0.15, -0.1) is 12.4 Å². The zero-order chi connectivity index (χ0) is 20.8. The van der Waals surface area contributed by atoms with E-state index in [9.17, 15) is 18.0 Å². The maximum absolute atomic E-state index is 13.2. The van der Waals surface area contributed by atoms with Crippen LogP contribution < -0.4 is 10.1 Å². The van der Waals surface area contributed by atoms with Crippen LogP contribution in [0.4, 0.5) is 18.9 Å². The van der Waals surface area contributed by atoms with Crippen molar-refractivity contribution in [3.05, 3.63) is 58.7 Å². The van der Waals surface area contributed by atoms with Gasteiger partial charge in [0.05, 0.1) is 12.7 Å². The minimum atomic E-state index is -4.60. The number of amides is 1. The highest BCUT2D eigenvalue weighted by Gasteiger charge is 2.36. The topological polar surface area (TPSA) is 41.6 Å². The first-order valence-electron chi connectivity index (χ1n) is 9.72. The molecule has 0 saturated carbocycles. The average Bonchev–Trinajstić information content (AvgIpc) is 3.15. The van der Waals surface area contributed by atoms with Gasteiger partial charge in [0, 0.05) is 23.8 Å². The molecule has 1 amide bonds. The molecule has 0 aliphatic carbocycles.